The average molecular weight is 332 g/mol. The molecule has 1 amide bonds. The molecule has 0 saturated carbocycles. The van der Waals surface area contributed by atoms with Crippen LogP contribution in [0.15, 0.2) is 12.3 Å². The van der Waals surface area contributed by atoms with E-state index in [1.165, 1.54) is 0 Å². The predicted octanol–water partition coefficient (Wildman–Crippen LogP) is 1.61. The monoisotopic (exact) mass is 332 g/mol. The highest BCUT2D eigenvalue weighted by molar-refractivity contribution is 5.89. The van der Waals surface area contributed by atoms with Crippen LogP contribution in [0.5, 0.6) is 0 Å². The second kappa shape index (κ2) is 5.85. The first-order valence-corrected chi connectivity index (χ1v) is 8.06. The van der Waals surface area contributed by atoms with Crippen molar-refractivity contribution in [2.24, 2.45) is 7.05 Å². The minimum Gasteiger partial charge on any atom is -0.444 e. The molecule has 2 aromatic rings. The second-order valence-electron chi connectivity index (χ2n) is 7.02. The molecule has 8 nitrogen and oxygen atoms in total. The number of nitrogens with two attached hydrogens (primary N) is 1. The Morgan fingerprint density at radius 3 is 2.50 bits per heavy atom. The van der Waals surface area contributed by atoms with E-state index in [4.69, 9.17) is 10.5 Å². The van der Waals surface area contributed by atoms with Gasteiger partial charge >= 0.3 is 6.09 Å². The van der Waals surface area contributed by atoms with Gasteiger partial charge in [-0.1, -0.05) is 0 Å². The van der Waals surface area contributed by atoms with Gasteiger partial charge < -0.3 is 24.8 Å². The molecule has 24 heavy (non-hydrogen) atoms. The summed E-state index contributed by atoms with van der Waals surface area (Å²) in [5.41, 5.74) is 6.19. The van der Waals surface area contributed by atoms with E-state index in [0.717, 1.165) is 16.9 Å². The highest BCUT2D eigenvalue weighted by Gasteiger charge is 2.27. The molecule has 3 rings (SSSR count). The van der Waals surface area contributed by atoms with Crippen LogP contribution < -0.4 is 10.6 Å². The fourth-order valence-electron chi connectivity index (χ4n) is 2.81. The molecule has 2 N–H and O–H groups in total. The highest BCUT2D eigenvalue weighted by atomic mass is 16.6. The Morgan fingerprint density at radius 2 is 1.88 bits per heavy atom. The van der Waals surface area contributed by atoms with Crippen LogP contribution in [0.2, 0.25) is 0 Å². The third-order valence-electron chi connectivity index (χ3n) is 3.95. The Kier molecular flexibility index (Phi) is 3.98. The summed E-state index contributed by atoms with van der Waals surface area (Å²) in [6, 6.07) is 1.99. The number of ether oxygens (including phenoxy) is 1. The van der Waals surface area contributed by atoms with Crippen LogP contribution in [0, 0.1) is 0 Å². The molecular formula is C16H24N6O2. The lowest BCUT2D eigenvalue weighted by atomic mass is 10.2. The van der Waals surface area contributed by atoms with Gasteiger partial charge in [-0.25, -0.2) is 4.79 Å². The number of carbonyl (C=O) groups excluding carboxylic acids is 1. The minimum atomic E-state index is -0.481. The van der Waals surface area contributed by atoms with E-state index < -0.39 is 5.60 Å². The average Bonchev–Trinajstić information content (AvgIpc) is 2.86. The fraction of sp³-hybridized carbons (Fsp3) is 0.562. The normalized spacial score (nSPS) is 15.8. The van der Waals surface area contributed by atoms with Gasteiger partial charge in [0.25, 0.3) is 0 Å². The van der Waals surface area contributed by atoms with Gasteiger partial charge in [0.15, 0.2) is 0 Å². The molecule has 130 valence electrons. The van der Waals surface area contributed by atoms with Crippen molar-refractivity contribution in [1.29, 1.82) is 0 Å². The number of anilines is 2. The summed E-state index contributed by atoms with van der Waals surface area (Å²) >= 11 is 0. The first-order chi connectivity index (χ1) is 11.2. The van der Waals surface area contributed by atoms with Gasteiger partial charge in [-0.2, -0.15) is 9.97 Å². The lowest BCUT2D eigenvalue weighted by Gasteiger charge is -2.36. The SMILES string of the molecule is Cn1ccc2c(N3CCN(C(=O)OC(C)(C)C)CC3)nc(N)nc21. The van der Waals surface area contributed by atoms with E-state index >= 15 is 0 Å². The number of hydrogen-bond acceptors (Lipinski definition) is 6. The molecule has 0 bridgehead atoms. The molecule has 0 radical (unpaired) electrons. The number of nitrogen functional groups attached to an aromatic ring is 1. The summed E-state index contributed by atoms with van der Waals surface area (Å²) < 4.78 is 7.35. The van der Waals surface area contributed by atoms with Crippen molar-refractivity contribution >= 4 is 28.9 Å². The van der Waals surface area contributed by atoms with E-state index in [1.807, 2.05) is 44.6 Å². The van der Waals surface area contributed by atoms with Gasteiger partial charge in [0.2, 0.25) is 5.95 Å². The van der Waals surface area contributed by atoms with Gasteiger partial charge in [0.05, 0.1) is 5.39 Å². The number of amides is 1. The summed E-state index contributed by atoms with van der Waals surface area (Å²) in [5, 5.41) is 0.970. The largest absolute Gasteiger partial charge is 0.444 e. The second-order valence-corrected chi connectivity index (χ2v) is 7.02. The lowest BCUT2D eigenvalue weighted by Crippen LogP contribution is -2.50. The van der Waals surface area contributed by atoms with Gasteiger partial charge in [-0.3, -0.25) is 0 Å². The standard InChI is InChI=1S/C16H24N6O2/c1-16(2,3)24-15(23)22-9-7-21(8-10-22)13-11-5-6-20(4)12(11)18-14(17)19-13/h5-6H,7-10H2,1-4H3,(H2,17,18,19). The number of carbonyl (C=O) groups is 1. The van der Waals surface area contributed by atoms with Gasteiger partial charge in [-0.15, -0.1) is 0 Å². The molecule has 0 aromatic carbocycles. The maximum absolute atomic E-state index is 12.2. The third kappa shape index (κ3) is 3.22. The quantitative estimate of drug-likeness (QED) is 0.853. The molecule has 1 aliphatic rings. The van der Waals surface area contributed by atoms with Crippen molar-refractivity contribution in [1.82, 2.24) is 19.4 Å². The van der Waals surface area contributed by atoms with Crippen molar-refractivity contribution in [3.8, 4) is 0 Å². The van der Waals surface area contributed by atoms with Gasteiger partial charge in [0.1, 0.15) is 17.1 Å². The zero-order valence-corrected chi connectivity index (χ0v) is 14.6. The predicted molar refractivity (Wildman–Crippen MR) is 92.9 cm³/mol. The van der Waals surface area contributed by atoms with Crippen molar-refractivity contribution in [2.45, 2.75) is 26.4 Å². The number of rotatable bonds is 1. The minimum absolute atomic E-state index is 0.258. The molecule has 0 aliphatic carbocycles. The number of hydrogen-bond donors (Lipinski definition) is 1. The molecule has 1 aliphatic heterocycles. The Morgan fingerprint density at radius 1 is 1.21 bits per heavy atom. The Bertz CT molecular complexity index is 756. The van der Waals surface area contributed by atoms with Crippen LogP contribution in [0.1, 0.15) is 20.8 Å². The number of aryl methyl sites for hydroxylation is 1. The first-order valence-electron chi connectivity index (χ1n) is 8.06. The molecule has 8 heteroatoms. The van der Waals surface area contributed by atoms with E-state index in [1.54, 1.807) is 4.90 Å². The highest BCUT2D eigenvalue weighted by Crippen LogP contribution is 2.26. The Balaban J connectivity index is 1.75. The van der Waals surface area contributed by atoms with E-state index in [9.17, 15) is 4.79 Å². The summed E-state index contributed by atoms with van der Waals surface area (Å²) in [6.07, 6.45) is 1.67. The third-order valence-corrected chi connectivity index (χ3v) is 3.95. The maximum Gasteiger partial charge on any atom is 0.410 e. The van der Waals surface area contributed by atoms with Crippen LogP contribution in [0.25, 0.3) is 11.0 Å². The zero-order chi connectivity index (χ0) is 17.5. The molecule has 1 saturated heterocycles. The van der Waals surface area contributed by atoms with Crippen molar-refractivity contribution in [3.63, 3.8) is 0 Å². The van der Waals surface area contributed by atoms with Crippen LogP contribution in [0.4, 0.5) is 16.6 Å². The maximum atomic E-state index is 12.2. The molecule has 3 heterocycles. The molecule has 2 aromatic heterocycles. The van der Waals surface area contributed by atoms with Crippen molar-refractivity contribution in [2.75, 3.05) is 36.8 Å². The summed E-state index contributed by atoms with van der Waals surface area (Å²) in [5.74, 6) is 1.08. The Labute approximate surface area is 141 Å². The molecule has 1 fully saturated rings. The number of fused-ring (bicyclic) bond motifs is 1. The fourth-order valence-corrected chi connectivity index (χ4v) is 2.81. The molecule has 0 spiro atoms. The van der Waals surface area contributed by atoms with Crippen LogP contribution in [0.3, 0.4) is 0 Å². The van der Waals surface area contributed by atoms with Crippen molar-refractivity contribution < 1.29 is 9.53 Å². The summed E-state index contributed by atoms with van der Waals surface area (Å²) in [6.45, 7) is 8.16. The van der Waals surface area contributed by atoms with Gasteiger partial charge in [-0.05, 0) is 26.8 Å². The smallest absolute Gasteiger partial charge is 0.410 e. The Hall–Kier alpha value is -2.51. The topological polar surface area (TPSA) is 89.5 Å². The van der Waals surface area contributed by atoms with Crippen LogP contribution >= 0.6 is 0 Å². The van der Waals surface area contributed by atoms with Crippen molar-refractivity contribution in [3.05, 3.63) is 12.3 Å². The number of piperazine rings is 1. The van der Waals surface area contributed by atoms with Crippen LogP contribution in [-0.4, -0.2) is 57.3 Å². The molecule has 0 unspecified atom stereocenters. The lowest BCUT2D eigenvalue weighted by molar-refractivity contribution is 0.0240. The van der Waals surface area contributed by atoms with Crippen LogP contribution in [-0.2, 0) is 11.8 Å². The zero-order valence-electron chi connectivity index (χ0n) is 14.6. The first kappa shape index (κ1) is 16.4. The summed E-state index contributed by atoms with van der Waals surface area (Å²) in [7, 11) is 1.93. The number of nitrogens with zero attached hydrogens (tertiary/aromatic N) is 5. The van der Waals surface area contributed by atoms with E-state index in [-0.39, 0.29) is 12.0 Å². The van der Waals surface area contributed by atoms with Gasteiger partial charge in [0, 0.05) is 39.4 Å². The van der Waals surface area contributed by atoms with E-state index in [0.29, 0.717) is 26.2 Å². The molecule has 0 atom stereocenters. The number of aromatic nitrogens is 3. The summed E-state index contributed by atoms with van der Waals surface area (Å²) in [4.78, 5) is 24.7. The van der Waals surface area contributed by atoms with E-state index in [2.05, 4.69) is 14.9 Å². The molecular weight excluding hydrogens is 308 g/mol.